The number of ether oxygens (including phenoxy) is 1. The van der Waals surface area contributed by atoms with Crippen LogP contribution in [0.5, 0.6) is 0 Å². The van der Waals surface area contributed by atoms with E-state index in [4.69, 9.17) is 0 Å². The molecule has 1 N–H and O–H groups in total. The molecule has 3 rings (SSSR count). The maximum absolute atomic E-state index is 13.1. The SMILES string of the molecule is COC(=O)CSC1=NC2C(C(=O)NC(=O)N2C)N1Cc1ccc(F)cc1. The van der Waals surface area contributed by atoms with Gasteiger partial charge < -0.3 is 14.5 Å². The molecule has 1 fully saturated rings. The highest BCUT2D eigenvalue weighted by Crippen LogP contribution is 2.30. The van der Waals surface area contributed by atoms with E-state index in [1.165, 1.54) is 24.1 Å². The monoisotopic (exact) mass is 380 g/mol. The number of amides is 3. The van der Waals surface area contributed by atoms with Crippen LogP contribution in [0.4, 0.5) is 9.18 Å². The standard InChI is InChI=1S/C16H17FN4O4S/c1-20-13-12(14(23)19-15(20)24)21(7-9-3-5-10(17)6-4-9)16(18-13)26-8-11(22)25-2/h3-6,12-13H,7-8H2,1-2H3,(H,19,23,24). The van der Waals surface area contributed by atoms with Crippen molar-refractivity contribution in [1.82, 2.24) is 15.1 Å². The van der Waals surface area contributed by atoms with Gasteiger partial charge in [0.2, 0.25) is 0 Å². The van der Waals surface area contributed by atoms with Crippen molar-refractivity contribution in [2.75, 3.05) is 19.9 Å². The number of urea groups is 1. The van der Waals surface area contributed by atoms with Crippen LogP contribution in [0.15, 0.2) is 29.3 Å². The van der Waals surface area contributed by atoms with Crippen LogP contribution in [0.25, 0.3) is 0 Å². The minimum Gasteiger partial charge on any atom is -0.468 e. The van der Waals surface area contributed by atoms with E-state index in [0.717, 1.165) is 17.3 Å². The van der Waals surface area contributed by atoms with Crippen LogP contribution in [0, 0.1) is 5.82 Å². The quantitative estimate of drug-likeness (QED) is 0.777. The summed E-state index contributed by atoms with van der Waals surface area (Å²) in [5.74, 6) is -1.22. The van der Waals surface area contributed by atoms with Gasteiger partial charge in [-0.2, -0.15) is 0 Å². The van der Waals surface area contributed by atoms with Crippen molar-refractivity contribution < 1.29 is 23.5 Å². The van der Waals surface area contributed by atoms with Gasteiger partial charge in [0.25, 0.3) is 5.91 Å². The lowest BCUT2D eigenvalue weighted by atomic mass is 10.1. The molecular weight excluding hydrogens is 363 g/mol. The van der Waals surface area contributed by atoms with Gasteiger partial charge in [-0.25, -0.2) is 14.2 Å². The van der Waals surface area contributed by atoms with Crippen LogP contribution in [0.1, 0.15) is 5.56 Å². The fourth-order valence-electron chi connectivity index (χ4n) is 2.76. The summed E-state index contributed by atoms with van der Waals surface area (Å²) in [7, 11) is 2.84. The van der Waals surface area contributed by atoms with Crippen LogP contribution in [0.3, 0.4) is 0 Å². The second-order valence-corrected chi connectivity index (χ2v) is 6.74. The lowest BCUT2D eigenvalue weighted by molar-refractivity contribution is -0.137. The number of amidine groups is 1. The smallest absolute Gasteiger partial charge is 0.325 e. The molecule has 0 radical (unpaired) electrons. The zero-order chi connectivity index (χ0) is 18.8. The summed E-state index contributed by atoms with van der Waals surface area (Å²) >= 11 is 1.13. The Kier molecular flexibility index (Phi) is 5.12. The van der Waals surface area contributed by atoms with E-state index in [9.17, 15) is 18.8 Å². The number of aliphatic imine (C=N–C) groups is 1. The lowest BCUT2D eigenvalue weighted by Crippen LogP contribution is -2.63. The summed E-state index contributed by atoms with van der Waals surface area (Å²) < 4.78 is 17.8. The van der Waals surface area contributed by atoms with E-state index in [2.05, 4.69) is 15.0 Å². The average Bonchev–Trinajstić information content (AvgIpc) is 2.98. The molecule has 2 unspecified atom stereocenters. The fourth-order valence-corrected chi connectivity index (χ4v) is 3.65. The number of methoxy groups -OCH3 is 1. The van der Waals surface area contributed by atoms with Crippen LogP contribution in [0.2, 0.25) is 0 Å². The second-order valence-electron chi connectivity index (χ2n) is 5.79. The number of imide groups is 1. The molecule has 1 aromatic carbocycles. The van der Waals surface area contributed by atoms with Crippen molar-refractivity contribution in [2.45, 2.75) is 18.8 Å². The van der Waals surface area contributed by atoms with Crippen molar-refractivity contribution in [3.05, 3.63) is 35.6 Å². The van der Waals surface area contributed by atoms with E-state index in [1.54, 1.807) is 24.1 Å². The normalized spacial score (nSPS) is 22.0. The van der Waals surface area contributed by atoms with Crippen molar-refractivity contribution >= 4 is 34.8 Å². The molecule has 10 heteroatoms. The van der Waals surface area contributed by atoms with Crippen molar-refractivity contribution in [1.29, 1.82) is 0 Å². The first-order valence-electron chi connectivity index (χ1n) is 7.77. The van der Waals surface area contributed by atoms with Gasteiger partial charge >= 0.3 is 12.0 Å². The topological polar surface area (TPSA) is 91.3 Å². The highest BCUT2D eigenvalue weighted by atomic mass is 32.2. The number of likely N-dealkylation sites (N-methyl/N-ethyl adjacent to an activating group) is 1. The number of fused-ring (bicyclic) bond motifs is 1. The molecule has 2 atom stereocenters. The molecule has 0 aromatic heterocycles. The maximum atomic E-state index is 13.1. The zero-order valence-corrected chi connectivity index (χ0v) is 15.0. The number of carbonyl (C=O) groups excluding carboxylic acids is 3. The molecule has 3 amide bonds. The Balaban J connectivity index is 1.87. The molecule has 1 saturated heterocycles. The van der Waals surface area contributed by atoms with Gasteiger partial charge in [-0.15, -0.1) is 0 Å². The molecule has 2 aliphatic heterocycles. The molecule has 0 bridgehead atoms. The summed E-state index contributed by atoms with van der Waals surface area (Å²) in [5.41, 5.74) is 0.769. The molecule has 1 aromatic rings. The lowest BCUT2D eigenvalue weighted by Gasteiger charge is -2.36. The third kappa shape index (κ3) is 3.50. The first-order valence-corrected chi connectivity index (χ1v) is 8.75. The molecule has 2 heterocycles. The number of benzene rings is 1. The molecule has 138 valence electrons. The first-order chi connectivity index (χ1) is 12.4. The summed E-state index contributed by atoms with van der Waals surface area (Å²) in [5, 5.41) is 2.74. The average molecular weight is 380 g/mol. The number of hydrogen-bond acceptors (Lipinski definition) is 7. The number of thioether (sulfide) groups is 1. The molecule has 8 nitrogen and oxygen atoms in total. The number of rotatable bonds is 4. The predicted octanol–water partition coefficient (Wildman–Crippen LogP) is 0.780. The van der Waals surface area contributed by atoms with E-state index >= 15 is 0 Å². The molecule has 0 spiro atoms. The van der Waals surface area contributed by atoms with Gasteiger partial charge in [0.05, 0.1) is 12.9 Å². The Bertz CT molecular complexity index is 770. The number of halogens is 1. The third-order valence-corrected chi connectivity index (χ3v) is 5.11. The van der Waals surface area contributed by atoms with E-state index < -0.39 is 30.1 Å². The van der Waals surface area contributed by atoms with E-state index in [1.807, 2.05) is 0 Å². The minimum atomic E-state index is -0.720. The Morgan fingerprint density at radius 1 is 1.35 bits per heavy atom. The Morgan fingerprint density at radius 3 is 2.69 bits per heavy atom. The largest absolute Gasteiger partial charge is 0.468 e. The molecular formula is C16H17FN4O4S. The Morgan fingerprint density at radius 2 is 2.04 bits per heavy atom. The van der Waals surface area contributed by atoms with E-state index in [0.29, 0.717) is 5.17 Å². The minimum absolute atomic E-state index is 0.0218. The van der Waals surface area contributed by atoms with E-state index in [-0.39, 0.29) is 18.1 Å². The van der Waals surface area contributed by atoms with Crippen molar-refractivity contribution in [3.63, 3.8) is 0 Å². The number of nitrogens with zero attached hydrogens (tertiary/aromatic N) is 3. The van der Waals surface area contributed by atoms with Crippen LogP contribution >= 0.6 is 11.8 Å². The van der Waals surface area contributed by atoms with Crippen LogP contribution in [-0.4, -0.2) is 65.0 Å². The number of nitrogens with one attached hydrogen (secondary N) is 1. The number of esters is 1. The molecule has 0 saturated carbocycles. The van der Waals surface area contributed by atoms with Gasteiger partial charge in [-0.1, -0.05) is 23.9 Å². The van der Waals surface area contributed by atoms with Crippen molar-refractivity contribution in [2.24, 2.45) is 4.99 Å². The summed E-state index contributed by atoms with van der Waals surface area (Å²) in [4.78, 5) is 43.2. The van der Waals surface area contributed by atoms with Crippen molar-refractivity contribution in [3.8, 4) is 0 Å². The second kappa shape index (κ2) is 7.32. The Labute approximate surface area is 153 Å². The van der Waals surface area contributed by atoms with Crippen LogP contribution < -0.4 is 5.32 Å². The highest BCUT2D eigenvalue weighted by molar-refractivity contribution is 8.14. The zero-order valence-electron chi connectivity index (χ0n) is 14.1. The van der Waals surface area contributed by atoms with Gasteiger partial charge in [-0.3, -0.25) is 14.9 Å². The van der Waals surface area contributed by atoms with Gasteiger partial charge in [-0.05, 0) is 17.7 Å². The maximum Gasteiger partial charge on any atom is 0.325 e. The summed E-state index contributed by atoms with van der Waals surface area (Å²) in [6.45, 7) is 0.282. The fraction of sp³-hybridized carbons (Fsp3) is 0.375. The van der Waals surface area contributed by atoms with Gasteiger partial charge in [0.1, 0.15) is 5.82 Å². The number of hydrogen-bond donors (Lipinski definition) is 1. The summed E-state index contributed by atoms with van der Waals surface area (Å²) in [6.07, 6.45) is -0.683. The third-order valence-electron chi connectivity index (χ3n) is 4.14. The molecule has 2 aliphatic rings. The highest BCUT2D eigenvalue weighted by Gasteiger charge is 2.48. The first kappa shape index (κ1) is 18.2. The Hall–Kier alpha value is -2.62. The van der Waals surface area contributed by atoms with Gasteiger partial charge in [0, 0.05) is 13.6 Å². The van der Waals surface area contributed by atoms with Gasteiger partial charge in [0.15, 0.2) is 17.4 Å². The molecule has 0 aliphatic carbocycles. The predicted molar refractivity (Wildman–Crippen MR) is 92.7 cm³/mol. The summed E-state index contributed by atoms with van der Waals surface area (Å²) in [6, 6.07) is 4.64. The van der Waals surface area contributed by atoms with Crippen LogP contribution in [-0.2, 0) is 20.9 Å². The molecule has 26 heavy (non-hydrogen) atoms. The number of carbonyl (C=O) groups is 3.